The molecular formula is C20H32N6OS. The van der Waals surface area contributed by atoms with E-state index in [9.17, 15) is 4.79 Å². The van der Waals surface area contributed by atoms with E-state index in [-0.39, 0.29) is 5.91 Å². The van der Waals surface area contributed by atoms with Crippen molar-refractivity contribution in [3.8, 4) is 0 Å². The van der Waals surface area contributed by atoms with Crippen LogP contribution in [0.2, 0.25) is 0 Å². The van der Waals surface area contributed by atoms with Gasteiger partial charge in [0.15, 0.2) is 0 Å². The molecule has 0 aliphatic rings. The van der Waals surface area contributed by atoms with E-state index in [1.165, 1.54) is 17.4 Å². The number of hydrogen-bond donors (Lipinski definition) is 1. The fourth-order valence-electron chi connectivity index (χ4n) is 2.99. The average molecular weight is 405 g/mol. The highest BCUT2D eigenvalue weighted by molar-refractivity contribution is 7.99. The van der Waals surface area contributed by atoms with Crippen LogP contribution in [0.15, 0.2) is 35.5 Å². The van der Waals surface area contributed by atoms with Crippen LogP contribution in [0.3, 0.4) is 0 Å². The van der Waals surface area contributed by atoms with Crippen LogP contribution >= 0.6 is 11.8 Å². The first-order valence-corrected chi connectivity index (χ1v) is 11.1. The van der Waals surface area contributed by atoms with Crippen molar-refractivity contribution in [2.24, 2.45) is 0 Å². The van der Waals surface area contributed by atoms with Crippen molar-refractivity contribution in [1.29, 1.82) is 0 Å². The molecule has 0 bridgehead atoms. The van der Waals surface area contributed by atoms with Gasteiger partial charge < -0.3 is 10.2 Å². The fourth-order valence-corrected chi connectivity index (χ4v) is 3.76. The Bertz CT molecular complexity index is 693. The number of benzene rings is 1. The van der Waals surface area contributed by atoms with Gasteiger partial charge in [-0.1, -0.05) is 56.7 Å². The fraction of sp³-hybridized carbons (Fsp3) is 0.600. The quantitative estimate of drug-likeness (QED) is 0.406. The summed E-state index contributed by atoms with van der Waals surface area (Å²) >= 11 is 1.40. The van der Waals surface area contributed by atoms with Gasteiger partial charge in [0.1, 0.15) is 0 Å². The number of carbonyl (C=O) groups excluding carboxylic acids is 1. The van der Waals surface area contributed by atoms with Crippen LogP contribution in [0.5, 0.6) is 0 Å². The summed E-state index contributed by atoms with van der Waals surface area (Å²) in [6.07, 6.45) is 5.25. The smallest absolute Gasteiger partial charge is 0.230 e. The van der Waals surface area contributed by atoms with Crippen molar-refractivity contribution in [3.05, 3.63) is 30.3 Å². The number of para-hydroxylation sites is 1. The molecule has 0 saturated carbocycles. The van der Waals surface area contributed by atoms with Gasteiger partial charge in [-0.15, -0.1) is 5.10 Å². The lowest BCUT2D eigenvalue weighted by atomic mass is 10.1. The van der Waals surface area contributed by atoms with Crippen molar-refractivity contribution < 1.29 is 4.79 Å². The van der Waals surface area contributed by atoms with E-state index in [0.717, 1.165) is 43.8 Å². The van der Waals surface area contributed by atoms with Gasteiger partial charge in [0, 0.05) is 25.8 Å². The zero-order valence-corrected chi connectivity index (χ0v) is 18.0. The summed E-state index contributed by atoms with van der Waals surface area (Å²) in [5.74, 6) is 0.350. The van der Waals surface area contributed by atoms with Crippen LogP contribution in [0, 0.1) is 0 Å². The largest absolute Gasteiger partial charge is 0.375 e. The van der Waals surface area contributed by atoms with Gasteiger partial charge in [-0.25, -0.2) is 4.68 Å². The Labute approximate surface area is 172 Å². The molecule has 7 nitrogen and oxygen atoms in total. The van der Waals surface area contributed by atoms with E-state index in [2.05, 4.69) is 58.8 Å². The molecule has 0 spiro atoms. The molecule has 0 fully saturated rings. The second-order valence-electron chi connectivity index (χ2n) is 6.86. The lowest BCUT2D eigenvalue weighted by Gasteiger charge is -2.19. The van der Waals surface area contributed by atoms with E-state index in [0.29, 0.717) is 18.3 Å². The summed E-state index contributed by atoms with van der Waals surface area (Å²) < 4.78 is 1.88. The molecule has 2 aromatic rings. The van der Waals surface area contributed by atoms with Crippen LogP contribution < -0.4 is 10.2 Å². The van der Waals surface area contributed by atoms with E-state index in [1.54, 1.807) is 0 Å². The number of amides is 1. The maximum Gasteiger partial charge on any atom is 0.230 e. The maximum absolute atomic E-state index is 12.2. The minimum absolute atomic E-state index is 0.0171. The molecule has 0 saturated heterocycles. The highest BCUT2D eigenvalue weighted by atomic mass is 32.2. The topological polar surface area (TPSA) is 75.9 Å². The molecule has 0 radical (unpaired) electrons. The van der Waals surface area contributed by atoms with Gasteiger partial charge in [0.05, 0.1) is 11.8 Å². The predicted octanol–water partition coefficient (Wildman–Crippen LogP) is 3.55. The van der Waals surface area contributed by atoms with Gasteiger partial charge in [-0.2, -0.15) is 0 Å². The third-order valence-corrected chi connectivity index (χ3v) is 5.63. The zero-order valence-electron chi connectivity index (χ0n) is 17.2. The zero-order chi connectivity index (χ0) is 20.2. The molecule has 2 rings (SSSR count). The third kappa shape index (κ3) is 7.14. The van der Waals surface area contributed by atoms with Crippen molar-refractivity contribution in [3.63, 3.8) is 0 Å². The minimum Gasteiger partial charge on any atom is -0.375 e. The average Bonchev–Trinajstić information content (AvgIpc) is 3.19. The second-order valence-corrected chi connectivity index (χ2v) is 7.80. The molecule has 1 heterocycles. The number of rotatable bonds is 13. The van der Waals surface area contributed by atoms with Gasteiger partial charge in [0.2, 0.25) is 11.1 Å². The van der Waals surface area contributed by atoms with Crippen LogP contribution in [-0.2, 0) is 4.79 Å². The number of thioether (sulfide) groups is 1. The van der Waals surface area contributed by atoms with Gasteiger partial charge in [-0.3, -0.25) is 4.79 Å². The van der Waals surface area contributed by atoms with Crippen LogP contribution in [0.4, 0.5) is 5.69 Å². The van der Waals surface area contributed by atoms with Crippen LogP contribution in [0.1, 0.15) is 52.0 Å². The number of nitrogens with zero attached hydrogens (tertiary/aromatic N) is 5. The van der Waals surface area contributed by atoms with Crippen molar-refractivity contribution >= 4 is 23.4 Å². The first kappa shape index (κ1) is 22.2. The molecule has 1 N–H and O–H groups in total. The Morgan fingerprint density at radius 3 is 2.75 bits per heavy atom. The van der Waals surface area contributed by atoms with Gasteiger partial charge in [-0.05, 0) is 41.8 Å². The van der Waals surface area contributed by atoms with E-state index >= 15 is 0 Å². The van der Waals surface area contributed by atoms with E-state index in [4.69, 9.17) is 0 Å². The number of aromatic nitrogens is 4. The van der Waals surface area contributed by atoms with Crippen LogP contribution in [-0.4, -0.2) is 52.0 Å². The Morgan fingerprint density at radius 1 is 1.25 bits per heavy atom. The SMILES string of the molecule is CCCC[C@H](CC)n1nnnc1SCC(=O)NCCCN(C)c1ccccc1. The molecule has 1 amide bonds. The molecule has 0 aliphatic carbocycles. The molecule has 1 atom stereocenters. The minimum atomic E-state index is 0.0171. The molecular weight excluding hydrogens is 372 g/mol. The molecule has 0 aliphatic heterocycles. The van der Waals surface area contributed by atoms with Crippen molar-refractivity contribution in [1.82, 2.24) is 25.5 Å². The second kappa shape index (κ2) is 12.4. The van der Waals surface area contributed by atoms with Gasteiger partial charge >= 0.3 is 0 Å². The summed E-state index contributed by atoms with van der Waals surface area (Å²) in [6.45, 7) is 5.89. The molecule has 154 valence electrons. The van der Waals surface area contributed by atoms with E-state index in [1.807, 2.05) is 22.9 Å². The lowest BCUT2D eigenvalue weighted by Crippen LogP contribution is -2.29. The van der Waals surface area contributed by atoms with E-state index < -0.39 is 0 Å². The number of carbonyl (C=O) groups is 1. The first-order chi connectivity index (χ1) is 13.7. The highest BCUT2D eigenvalue weighted by Crippen LogP contribution is 2.23. The molecule has 8 heteroatoms. The summed E-state index contributed by atoms with van der Waals surface area (Å²) in [6, 6.07) is 10.5. The summed E-state index contributed by atoms with van der Waals surface area (Å²) in [5.41, 5.74) is 1.18. The molecule has 28 heavy (non-hydrogen) atoms. The molecule has 1 aromatic heterocycles. The number of unbranched alkanes of at least 4 members (excludes halogenated alkanes) is 1. The number of hydrogen-bond acceptors (Lipinski definition) is 6. The number of tetrazole rings is 1. The van der Waals surface area contributed by atoms with Crippen LogP contribution in [0.25, 0.3) is 0 Å². The predicted molar refractivity (Wildman–Crippen MR) is 115 cm³/mol. The highest BCUT2D eigenvalue weighted by Gasteiger charge is 2.16. The Balaban J connectivity index is 1.69. The first-order valence-electron chi connectivity index (χ1n) is 10.1. The summed E-state index contributed by atoms with van der Waals surface area (Å²) in [7, 11) is 2.07. The number of anilines is 1. The standard InChI is InChI=1S/C20H32N6OS/c1-4-6-11-17(5-2)26-20(22-23-24-26)28-16-19(27)21-14-10-15-25(3)18-12-8-7-9-13-18/h7-9,12-13,17H,4-6,10-11,14-16H2,1-3H3,(H,21,27)/t17-/m0/s1. The molecule has 1 aromatic carbocycles. The normalized spacial score (nSPS) is 12.0. The molecule has 0 unspecified atom stereocenters. The maximum atomic E-state index is 12.2. The Kier molecular flexibility index (Phi) is 9.82. The lowest BCUT2D eigenvalue weighted by molar-refractivity contribution is -0.118. The summed E-state index contributed by atoms with van der Waals surface area (Å²) in [4.78, 5) is 14.3. The summed E-state index contributed by atoms with van der Waals surface area (Å²) in [5, 5.41) is 15.7. The number of nitrogens with one attached hydrogen (secondary N) is 1. The van der Waals surface area contributed by atoms with Crippen molar-refractivity contribution in [2.45, 2.75) is 57.1 Å². The Hall–Kier alpha value is -2.09. The Morgan fingerprint density at radius 2 is 2.04 bits per heavy atom. The van der Waals surface area contributed by atoms with Crippen molar-refractivity contribution in [2.75, 3.05) is 30.8 Å². The monoisotopic (exact) mass is 404 g/mol. The van der Waals surface area contributed by atoms with Gasteiger partial charge in [0.25, 0.3) is 0 Å². The third-order valence-electron chi connectivity index (χ3n) is 4.69.